The number of rotatable bonds is 5. The minimum Gasteiger partial charge on any atom is -0.497 e. The van der Waals surface area contributed by atoms with Crippen molar-refractivity contribution in [2.75, 3.05) is 14.2 Å². The molecule has 1 aromatic carbocycles. The fraction of sp³-hybridized carbons (Fsp3) is 0.500. The van der Waals surface area contributed by atoms with Crippen LogP contribution in [0, 0.1) is 5.92 Å². The molecule has 0 radical (unpaired) electrons. The van der Waals surface area contributed by atoms with Crippen molar-refractivity contribution in [1.82, 2.24) is 0 Å². The SMILES string of the molecule is COc1ccc(OC)c(COC(=O)C2CCC2)c1. The first-order valence-electron chi connectivity index (χ1n) is 6.12. The van der Waals surface area contributed by atoms with Crippen LogP contribution in [0.4, 0.5) is 0 Å². The van der Waals surface area contributed by atoms with Crippen LogP contribution in [-0.4, -0.2) is 20.2 Å². The van der Waals surface area contributed by atoms with Gasteiger partial charge in [-0.3, -0.25) is 4.79 Å². The Morgan fingerprint density at radius 3 is 2.61 bits per heavy atom. The van der Waals surface area contributed by atoms with Crippen molar-refractivity contribution in [2.24, 2.45) is 5.92 Å². The number of carbonyl (C=O) groups is 1. The molecule has 0 amide bonds. The topological polar surface area (TPSA) is 44.8 Å². The third kappa shape index (κ3) is 2.75. The van der Waals surface area contributed by atoms with Gasteiger partial charge in [0.1, 0.15) is 18.1 Å². The van der Waals surface area contributed by atoms with Crippen LogP contribution in [-0.2, 0) is 16.1 Å². The number of ether oxygens (including phenoxy) is 3. The maximum absolute atomic E-state index is 11.7. The zero-order chi connectivity index (χ0) is 13.0. The van der Waals surface area contributed by atoms with E-state index in [2.05, 4.69) is 0 Å². The number of esters is 1. The fourth-order valence-corrected chi connectivity index (χ4v) is 1.91. The Morgan fingerprint density at radius 2 is 2.06 bits per heavy atom. The van der Waals surface area contributed by atoms with Crippen LogP contribution in [0.25, 0.3) is 0 Å². The minimum atomic E-state index is -0.105. The highest BCUT2D eigenvalue weighted by molar-refractivity contribution is 5.73. The Kier molecular flexibility index (Phi) is 4.07. The molecule has 2 rings (SSSR count). The number of carbonyl (C=O) groups excluding carboxylic acids is 1. The average Bonchev–Trinajstić information content (AvgIpc) is 2.33. The van der Waals surface area contributed by atoms with Gasteiger partial charge in [0, 0.05) is 5.56 Å². The number of methoxy groups -OCH3 is 2. The molecule has 1 aliphatic rings. The maximum atomic E-state index is 11.7. The van der Waals surface area contributed by atoms with Gasteiger partial charge in [-0.1, -0.05) is 6.42 Å². The van der Waals surface area contributed by atoms with Crippen molar-refractivity contribution in [3.8, 4) is 11.5 Å². The van der Waals surface area contributed by atoms with E-state index >= 15 is 0 Å². The highest BCUT2D eigenvalue weighted by atomic mass is 16.5. The van der Waals surface area contributed by atoms with E-state index in [9.17, 15) is 4.79 Å². The summed E-state index contributed by atoms with van der Waals surface area (Å²) in [4.78, 5) is 11.7. The molecular formula is C14H18O4. The van der Waals surface area contributed by atoms with E-state index in [1.54, 1.807) is 14.2 Å². The van der Waals surface area contributed by atoms with Gasteiger partial charge in [0.2, 0.25) is 0 Å². The zero-order valence-electron chi connectivity index (χ0n) is 10.8. The van der Waals surface area contributed by atoms with Crippen LogP contribution in [0.5, 0.6) is 11.5 Å². The summed E-state index contributed by atoms with van der Waals surface area (Å²) in [6, 6.07) is 5.45. The largest absolute Gasteiger partial charge is 0.497 e. The summed E-state index contributed by atoms with van der Waals surface area (Å²) in [5, 5.41) is 0. The Labute approximate surface area is 107 Å². The predicted molar refractivity (Wildman–Crippen MR) is 66.7 cm³/mol. The van der Waals surface area contributed by atoms with Gasteiger partial charge in [-0.2, -0.15) is 0 Å². The Morgan fingerprint density at radius 1 is 1.28 bits per heavy atom. The van der Waals surface area contributed by atoms with E-state index in [1.165, 1.54) is 0 Å². The van der Waals surface area contributed by atoms with Gasteiger partial charge in [0.25, 0.3) is 0 Å². The molecule has 0 unspecified atom stereocenters. The third-order valence-electron chi connectivity index (χ3n) is 3.30. The van der Waals surface area contributed by atoms with Crippen LogP contribution in [0.3, 0.4) is 0 Å². The van der Waals surface area contributed by atoms with Crippen LogP contribution in [0.2, 0.25) is 0 Å². The number of hydrogen-bond donors (Lipinski definition) is 0. The van der Waals surface area contributed by atoms with Crippen molar-refractivity contribution in [1.29, 1.82) is 0 Å². The lowest BCUT2D eigenvalue weighted by Crippen LogP contribution is -2.24. The first-order chi connectivity index (χ1) is 8.74. The van der Waals surface area contributed by atoms with Gasteiger partial charge in [-0.15, -0.1) is 0 Å². The molecule has 0 N–H and O–H groups in total. The molecule has 1 fully saturated rings. The smallest absolute Gasteiger partial charge is 0.309 e. The standard InChI is InChI=1S/C14H18O4/c1-16-12-6-7-13(17-2)11(8-12)9-18-14(15)10-4-3-5-10/h6-8,10H,3-5,9H2,1-2H3. The summed E-state index contributed by atoms with van der Waals surface area (Å²) < 4.78 is 15.7. The second kappa shape index (κ2) is 5.76. The van der Waals surface area contributed by atoms with Gasteiger partial charge < -0.3 is 14.2 Å². The van der Waals surface area contributed by atoms with E-state index in [0.29, 0.717) is 5.75 Å². The second-order valence-electron chi connectivity index (χ2n) is 4.41. The molecule has 1 aliphatic carbocycles. The van der Waals surface area contributed by atoms with E-state index in [1.807, 2.05) is 18.2 Å². The number of benzene rings is 1. The summed E-state index contributed by atoms with van der Waals surface area (Å²) >= 11 is 0. The van der Waals surface area contributed by atoms with Crippen molar-refractivity contribution >= 4 is 5.97 Å². The molecule has 0 aromatic heterocycles. The van der Waals surface area contributed by atoms with Gasteiger partial charge in [-0.05, 0) is 31.0 Å². The highest BCUT2D eigenvalue weighted by Crippen LogP contribution is 2.29. The molecule has 0 aliphatic heterocycles. The summed E-state index contributed by atoms with van der Waals surface area (Å²) in [5.74, 6) is 1.43. The molecule has 1 aromatic rings. The van der Waals surface area contributed by atoms with Gasteiger partial charge in [0.05, 0.1) is 20.1 Å². The van der Waals surface area contributed by atoms with E-state index < -0.39 is 0 Å². The molecule has 0 atom stereocenters. The summed E-state index contributed by atoms with van der Waals surface area (Å²) in [6.07, 6.45) is 3.03. The molecule has 0 bridgehead atoms. The van der Waals surface area contributed by atoms with E-state index in [4.69, 9.17) is 14.2 Å². The lowest BCUT2D eigenvalue weighted by atomic mass is 9.86. The zero-order valence-corrected chi connectivity index (χ0v) is 10.8. The van der Waals surface area contributed by atoms with Crippen LogP contribution >= 0.6 is 0 Å². The molecular weight excluding hydrogens is 232 g/mol. The molecule has 4 nitrogen and oxygen atoms in total. The lowest BCUT2D eigenvalue weighted by molar-refractivity contribution is -0.152. The lowest BCUT2D eigenvalue weighted by Gasteiger charge is -2.23. The molecule has 0 saturated heterocycles. The first kappa shape index (κ1) is 12.7. The highest BCUT2D eigenvalue weighted by Gasteiger charge is 2.26. The average molecular weight is 250 g/mol. The fourth-order valence-electron chi connectivity index (χ4n) is 1.91. The second-order valence-corrected chi connectivity index (χ2v) is 4.41. The van der Waals surface area contributed by atoms with Gasteiger partial charge in [-0.25, -0.2) is 0 Å². The monoisotopic (exact) mass is 250 g/mol. The molecule has 18 heavy (non-hydrogen) atoms. The van der Waals surface area contributed by atoms with Crippen molar-refractivity contribution in [2.45, 2.75) is 25.9 Å². The Balaban J connectivity index is 2.00. The van der Waals surface area contributed by atoms with Gasteiger partial charge >= 0.3 is 5.97 Å². The Hall–Kier alpha value is -1.71. The van der Waals surface area contributed by atoms with Crippen molar-refractivity contribution < 1.29 is 19.0 Å². The molecule has 0 spiro atoms. The van der Waals surface area contributed by atoms with Crippen LogP contribution in [0.15, 0.2) is 18.2 Å². The summed E-state index contributed by atoms with van der Waals surface area (Å²) in [6.45, 7) is 0.232. The first-order valence-corrected chi connectivity index (χ1v) is 6.12. The van der Waals surface area contributed by atoms with E-state index in [-0.39, 0.29) is 18.5 Å². The normalized spacial score (nSPS) is 14.8. The number of hydrogen-bond acceptors (Lipinski definition) is 4. The molecule has 98 valence electrons. The van der Waals surface area contributed by atoms with E-state index in [0.717, 1.165) is 30.6 Å². The quantitative estimate of drug-likeness (QED) is 0.753. The van der Waals surface area contributed by atoms with Crippen molar-refractivity contribution in [3.63, 3.8) is 0 Å². The van der Waals surface area contributed by atoms with Gasteiger partial charge in [0.15, 0.2) is 0 Å². The maximum Gasteiger partial charge on any atom is 0.309 e. The third-order valence-corrected chi connectivity index (χ3v) is 3.30. The minimum absolute atomic E-state index is 0.0987. The summed E-state index contributed by atoms with van der Waals surface area (Å²) in [5.41, 5.74) is 0.824. The molecule has 1 saturated carbocycles. The van der Waals surface area contributed by atoms with Crippen molar-refractivity contribution in [3.05, 3.63) is 23.8 Å². The Bertz CT molecular complexity index is 424. The van der Waals surface area contributed by atoms with Crippen LogP contribution < -0.4 is 9.47 Å². The molecule has 4 heteroatoms. The summed E-state index contributed by atoms with van der Waals surface area (Å²) in [7, 11) is 3.20. The predicted octanol–water partition coefficient (Wildman–Crippen LogP) is 2.55. The van der Waals surface area contributed by atoms with Crippen LogP contribution in [0.1, 0.15) is 24.8 Å². The molecule has 0 heterocycles.